The van der Waals surface area contributed by atoms with Gasteiger partial charge >= 0.3 is 12.1 Å². The fraction of sp³-hybridized carbons (Fsp3) is 0.464. The molecule has 2 aromatic carbocycles. The second-order valence-corrected chi connectivity index (χ2v) is 10.0. The van der Waals surface area contributed by atoms with E-state index in [4.69, 9.17) is 4.74 Å². The molecule has 0 bridgehead atoms. The maximum absolute atomic E-state index is 12.8. The number of carbonyl (C=O) groups is 3. The lowest BCUT2D eigenvalue weighted by molar-refractivity contribution is -0.142. The van der Waals surface area contributed by atoms with E-state index >= 15 is 0 Å². The summed E-state index contributed by atoms with van der Waals surface area (Å²) in [5.74, 6) is -1.66. The molecule has 0 aromatic heterocycles. The molecule has 3 aliphatic rings. The molecule has 2 amide bonds. The van der Waals surface area contributed by atoms with Crippen molar-refractivity contribution in [1.29, 1.82) is 0 Å². The molecule has 2 fully saturated rings. The molecule has 0 heterocycles. The first-order valence-corrected chi connectivity index (χ1v) is 12.7. The number of hydrogen-bond donors (Lipinski definition) is 3. The minimum Gasteiger partial charge on any atom is -0.481 e. The van der Waals surface area contributed by atoms with Crippen LogP contribution in [0.2, 0.25) is 0 Å². The van der Waals surface area contributed by atoms with Gasteiger partial charge in [-0.2, -0.15) is 0 Å². The van der Waals surface area contributed by atoms with Gasteiger partial charge in [-0.05, 0) is 54.4 Å². The molecule has 2 unspecified atom stereocenters. The van der Waals surface area contributed by atoms with Gasteiger partial charge in [0.15, 0.2) is 0 Å². The molecule has 0 saturated heterocycles. The monoisotopic (exact) mass is 476 g/mol. The Balaban J connectivity index is 1.14. The van der Waals surface area contributed by atoms with Crippen LogP contribution in [0.1, 0.15) is 62.0 Å². The third kappa shape index (κ3) is 4.90. The van der Waals surface area contributed by atoms with Crippen LogP contribution in [-0.2, 0) is 14.3 Å². The highest BCUT2D eigenvalue weighted by atomic mass is 16.5. The van der Waals surface area contributed by atoms with E-state index in [2.05, 4.69) is 34.9 Å². The zero-order chi connectivity index (χ0) is 24.4. The molecule has 3 aliphatic carbocycles. The van der Waals surface area contributed by atoms with Gasteiger partial charge in [0.05, 0.1) is 5.92 Å². The molecule has 184 valence electrons. The van der Waals surface area contributed by atoms with E-state index in [9.17, 15) is 19.5 Å². The maximum atomic E-state index is 12.8. The Morgan fingerprint density at radius 3 is 2.20 bits per heavy atom. The molecule has 4 atom stereocenters. The Kier molecular flexibility index (Phi) is 6.75. The van der Waals surface area contributed by atoms with Gasteiger partial charge in [0.1, 0.15) is 6.61 Å². The van der Waals surface area contributed by atoms with Crippen LogP contribution in [0.25, 0.3) is 11.1 Å². The van der Waals surface area contributed by atoms with Crippen LogP contribution in [0.5, 0.6) is 0 Å². The van der Waals surface area contributed by atoms with Gasteiger partial charge in [-0.15, -0.1) is 0 Å². The van der Waals surface area contributed by atoms with Crippen LogP contribution in [0, 0.1) is 11.8 Å². The van der Waals surface area contributed by atoms with Crippen LogP contribution in [0.15, 0.2) is 48.5 Å². The van der Waals surface area contributed by atoms with E-state index in [0.29, 0.717) is 19.3 Å². The molecule has 7 heteroatoms. The highest BCUT2D eigenvalue weighted by molar-refractivity contribution is 5.81. The number of ether oxygens (including phenoxy) is 1. The van der Waals surface area contributed by atoms with Gasteiger partial charge in [-0.3, -0.25) is 9.59 Å². The Labute approximate surface area is 205 Å². The van der Waals surface area contributed by atoms with E-state index in [1.165, 1.54) is 22.3 Å². The van der Waals surface area contributed by atoms with Gasteiger partial charge in [0.25, 0.3) is 0 Å². The molecule has 7 nitrogen and oxygen atoms in total. The van der Waals surface area contributed by atoms with Crippen molar-refractivity contribution in [2.24, 2.45) is 11.8 Å². The van der Waals surface area contributed by atoms with Crippen LogP contribution < -0.4 is 10.6 Å². The highest BCUT2D eigenvalue weighted by Crippen LogP contribution is 2.44. The number of nitrogens with one attached hydrogen (secondary N) is 2. The number of benzene rings is 2. The van der Waals surface area contributed by atoms with Crippen LogP contribution >= 0.6 is 0 Å². The Morgan fingerprint density at radius 2 is 1.51 bits per heavy atom. The van der Waals surface area contributed by atoms with E-state index in [-0.39, 0.29) is 36.4 Å². The second kappa shape index (κ2) is 10.1. The van der Waals surface area contributed by atoms with Crippen molar-refractivity contribution in [2.45, 2.75) is 62.9 Å². The van der Waals surface area contributed by atoms with Crippen molar-refractivity contribution in [3.63, 3.8) is 0 Å². The summed E-state index contributed by atoms with van der Waals surface area (Å²) in [5.41, 5.74) is 4.71. The second-order valence-electron chi connectivity index (χ2n) is 10.0. The molecular formula is C28H32N2O5. The molecule has 0 radical (unpaired) electrons. The van der Waals surface area contributed by atoms with Crippen molar-refractivity contribution >= 4 is 18.0 Å². The van der Waals surface area contributed by atoms with Crippen molar-refractivity contribution < 1.29 is 24.2 Å². The van der Waals surface area contributed by atoms with E-state index < -0.39 is 18.0 Å². The van der Waals surface area contributed by atoms with Crippen molar-refractivity contribution in [3.8, 4) is 11.1 Å². The summed E-state index contributed by atoms with van der Waals surface area (Å²) in [4.78, 5) is 36.9. The Hall–Kier alpha value is -3.35. The molecule has 0 aliphatic heterocycles. The number of alkyl carbamates (subject to hydrolysis) is 1. The number of carboxylic acid groups (broad SMARTS) is 1. The predicted molar refractivity (Wildman–Crippen MR) is 131 cm³/mol. The summed E-state index contributed by atoms with van der Waals surface area (Å²) in [5, 5.41) is 15.3. The number of hydrogen-bond acceptors (Lipinski definition) is 4. The average Bonchev–Trinajstić information content (AvgIpc) is 3.45. The van der Waals surface area contributed by atoms with Crippen LogP contribution in [0.4, 0.5) is 4.79 Å². The van der Waals surface area contributed by atoms with Crippen molar-refractivity contribution in [2.75, 3.05) is 6.61 Å². The summed E-state index contributed by atoms with van der Waals surface area (Å²) >= 11 is 0. The summed E-state index contributed by atoms with van der Waals surface area (Å²) in [6.07, 6.45) is 4.60. The number of carbonyl (C=O) groups excluding carboxylic acids is 2. The van der Waals surface area contributed by atoms with Crippen molar-refractivity contribution in [1.82, 2.24) is 10.6 Å². The first kappa shape index (κ1) is 23.4. The molecule has 5 rings (SSSR count). The van der Waals surface area contributed by atoms with Gasteiger partial charge in [0, 0.05) is 23.9 Å². The lowest BCUT2D eigenvalue weighted by Crippen LogP contribution is -2.46. The van der Waals surface area contributed by atoms with E-state index in [1.54, 1.807) is 0 Å². The highest BCUT2D eigenvalue weighted by Gasteiger charge is 2.36. The fourth-order valence-electron chi connectivity index (χ4n) is 6.09. The number of carboxylic acids is 1. The molecule has 2 saturated carbocycles. The first-order chi connectivity index (χ1) is 17.0. The van der Waals surface area contributed by atoms with Gasteiger partial charge < -0.3 is 20.5 Å². The van der Waals surface area contributed by atoms with E-state index in [0.717, 1.165) is 25.7 Å². The lowest BCUT2D eigenvalue weighted by atomic mass is 9.85. The largest absolute Gasteiger partial charge is 0.481 e. The topological polar surface area (TPSA) is 105 Å². The summed E-state index contributed by atoms with van der Waals surface area (Å²) in [6.45, 7) is 0.259. The fourth-order valence-corrected chi connectivity index (χ4v) is 6.09. The number of fused-ring (bicyclic) bond motifs is 3. The molecule has 3 N–H and O–H groups in total. The summed E-state index contributed by atoms with van der Waals surface area (Å²) < 4.78 is 5.67. The molecule has 0 spiro atoms. The number of aliphatic carboxylic acids is 1. The molecule has 2 aromatic rings. The average molecular weight is 477 g/mol. The minimum absolute atomic E-state index is 0.00613. The first-order valence-electron chi connectivity index (χ1n) is 12.7. The number of rotatable bonds is 6. The third-order valence-corrected chi connectivity index (χ3v) is 7.87. The predicted octanol–water partition coefficient (Wildman–Crippen LogP) is 4.45. The quantitative estimate of drug-likeness (QED) is 0.571. The van der Waals surface area contributed by atoms with Gasteiger partial charge in [-0.25, -0.2) is 4.79 Å². The van der Waals surface area contributed by atoms with Crippen LogP contribution in [0.3, 0.4) is 0 Å². The SMILES string of the molecule is O=C(NC1CCCC(C(=O)N[C@H]2CCC[C@H]2C(=O)O)C1)OCC1c2ccccc2-c2ccccc21. The maximum Gasteiger partial charge on any atom is 0.407 e. The lowest BCUT2D eigenvalue weighted by Gasteiger charge is -2.30. The smallest absolute Gasteiger partial charge is 0.407 e. The molecular weight excluding hydrogens is 444 g/mol. The molecule has 35 heavy (non-hydrogen) atoms. The van der Waals surface area contributed by atoms with Crippen LogP contribution in [-0.4, -0.2) is 41.8 Å². The van der Waals surface area contributed by atoms with E-state index in [1.807, 2.05) is 24.3 Å². The van der Waals surface area contributed by atoms with Gasteiger partial charge in [-0.1, -0.05) is 61.4 Å². The zero-order valence-electron chi connectivity index (χ0n) is 19.7. The van der Waals surface area contributed by atoms with Gasteiger partial charge in [0.2, 0.25) is 5.91 Å². The standard InChI is InChI=1S/C28H32N2O5/c31-26(30-25-14-6-13-23(25)27(32)33)17-7-5-8-18(15-17)29-28(34)35-16-24-21-11-3-1-9-19(21)20-10-2-4-12-22(20)24/h1-4,9-12,17-18,23-25H,5-8,13-16H2,(H,29,34)(H,30,31)(H,32,33)/t17?,18?,23-,25+/m1/s1. The summed E-state index contributed by atoms with van der Waals surface area (Å²) in [6, 6.07) is 16.0. The minimum atomic E-state index is -0.841. The normalized spacial score (nSPS) is 25.4. The zero-order valence-corrected chi connectivity index (χ0v) is 19.7. The Bertz CT molecular complexity index is 1070. The number of amides is 2. The third-order valence-electron chi connectivity index (χ3n) is 7.87. The summed E-state index contributed by atoms with van der Waals surface area (Å²) in [7, 11) is 0. The Morgan fingerprint density at radius 1 is 0.857 bits per heavy atom. The van der Waals surface area contributed by atoms with Crippen molar-refractivity contribution in [3.05, 3.63) is 59.7 Å².